The van der Waals surface area contributed by atoms with E-state index in [0.717, 1.165) is 0 Å². The van der Waals surface area contributed by atoms with Gasteiger partial charge >= 0.3 is 11.9 Å². The van der Waals surface area contributed by atoms with Crippen LogP contribution in [0.4, 0.5) is 0 Å². The summed E-state index contributed by atoms with van der Waals surface area (Å²) in [6.45, 7) is -0.00706. The van der Waals surface area contributed by atoms with E-state index in [1.54, 1.807) is 0 Å². The average molecular weight is 270 g/mol. The molecule has 1 atom stereocenters. The summed E-state index contributed by atoms with van der Waals surface area (Å²) >= 11 is 0. The van der Waals surface area contributed by atoms with Crippen molar-refractivity contribution in [2.75, 3.05) is 0 Å². The van der Waals surface area contributed by atoms with Crippen molar-refractivity contribution in [3.63, 3.8) is 0 Å². The minimum Gasteiger partial charge on any atom is -0.481 e. The lowest BCUT2D eigenvalue weighted by Crippen LogP contribution is -2.40. The van der Waals surface area contributed by atoms with Gasteiger partial charge in [0.05, 0.1) is 12.6 Å². The molecule has 1 aromatic heterocycles. The third kappa shape index (κ3) is 4.80. The third-order valence-electron chi connectivity index (χ3n) is 2.32. The van der Waals surface area contributed by atoms with Crippen LogP contribution in [0.1, 0.15) is 29.2 Å². The maximum atomic E-state index is 11.5. The van der Waals surface area contributed by atoms with Gasteiger partial charge in [-0.2, -0.15) is 0 Å². The van der Waals surface area contributed by atoms with Crippen LogP contribution in [-0.2, 0) is 16.1 Å². The molecule has 19 heavy (non-hydrogen) atoms. The molecule has 0 saturated carbocycles. The molecule has 0 spiro atoms. The number of rotatable bonds is 7. The lowest BCUT2D eigenvalue weighted by molar-refractivity contribution is -0.137. The molecule has 1 amide bonds. The number of hydrogen-bond acceptors (Lipinski definition) is 5. The molecule has 0 saturated heterocycles. The van der Waals surface area contributed by atoms with Crippen molar-refractivity contribution in [2.24, 2.45) is 5.73 Å². The molecular formula is C11H14N2O6. The quantitative estimate of drug-likeness (QED) is 0.536. The Labute approximate surface area is 108 Å². The standard InChI is InChI=1S/C11H14N2O6/c12-7(2-4-9(14)15)10(16)13-5-6-1-3-8(19-6)11(17)18/h1,3,7H,2,4-5,12H2,(H,13,16)(H,14,15)(H,17,18). The Morgan fingerprint density at radius 3 is 2.53 bits per heavy atom. The second kappa shape index (κ2) is 6.55. The number of carboxylic acids is 2. The van der Waals surface area contributed by atoms with E-state index in [-0.39, 0.29) is 30.9 Å². The van der Waals surface area contributed by atoms with Crippen LogP contribution in [0.3, 0.4) is 0 Å². The van der Waals surface area contributed by atoms with E-state index < -0.39 is 23.9 Å². The van der Waals surface area contributed by atoms with Crippen LogP contribution < -0.4 is 11.1 Å². The van der Waals surface area contributed by atoms with Crippen LogP contribution in [-0.4, -0.2) is 34.1 Å². The van der Waals surface area contributed by atoms with Crippen LogP contribution >= 0.6 is 0 Å². The summed E-state index contributed by atoms with van der Waals surface area (Å²) in [6, 6.07) is 1.77. The fourth-order valence-corrected chi connectivity index (χ4v) is 1.30. The first kappa shape index (κ1) is 14.7. The zero-order valence-corrected chi connectivity index (χ0v) is 9.96. The summed E-state index contributed by atoms with van der Waals surface area (Å²) in [5.74, 6) is -2.69. The van der Waals surface area contributed by atoms with Crippen LogP contribution in [0.5, 0.6) is 0 Å². The fraction of sp³-hybridized carbons (Fsp3) is 0.364. The highest BCUT2D eigenvalue weighted by atomic mass is 16.4. The van der Waals surface area contributed by atoms with Gasteiger partial charge in [0.1, 0.15) is 5.76 Å². The molecule has 0 aliphatic carbocycles. The molecule has 1 aromatic rings. The predicted octanol–water partition coefficient (Wildman–Crippen LogP) is -0.214. The molecule has 1 rings (SSSR count). The Balaban J connectivity index is 2.40. The number of carbonyl (C=O) groups is 3. The molecule has 0 radical (unpaired) electrons. The molecule has 0 aliphatic rings. The summed E-state index contributed by atoms with van der Waals surface area (Å²) < 4.78 is 4.92. The lowest BCUT2D eigenvalue weighted by Gasteiger charge is -2.09. The SMILES string of the molecule is NC(CCC(=O)O)C(=O)NCc1ccc(C(=O)O)o1. The number of amides is 1. The first-order chi connectivity index (χ1) is 8.90. The highest BCUT2D eigenvalue weighted by molar-refractivity contribution is 5.84. The molecule has 0 fully saturated rings. The van der Waals surface area contributed by atoms with Crippen LogP contribution in [0, 0.1) is 0 Å². The van der Waals surface area contributed by atoms with E-state index in [1.165, 1.54) is 12.1 Å². The molecule has 104 valence electrons. The van der Waals surface area contributed by atoms with Gasteiger partial charge in [-0.05, 0) is 18.6 Å². The first-order valence-electron chi connectivity index (χ1n) is 5.47. The Morgan fingerprint density at radius 2 is 2.00 bits per heavy atom. The predicted molar refractivity (Wildman–Crippen MR) is 62.4 cm³/mol. The van der Waals surface area contributed by atoms with Crippen molar-refractivity contribution in [1.82, 2.24) is 5.32 Å². The number of carbonyl (C=O) groups excluding carboxylic acids is 1. The Kier molecular flexibility index (Phi) is 5.07. The second-order valence-electron chi connectivity index (χ2n) is 3.83. The zero-order valence-electron chi connectivity index (χ0n) is 9.96. The molecule has 8 nitrogen and oxygen atoms in total. The van der Waals surface area contributed by atoms with Crippen molar-refractivity contribution in [2.45, 2.75) is 25.4 Å². The number of nitrogens with two attached hydrogens (primary N) is 1. The summed E-state index contributed by atoms with van der Waals surface area (Å²) in [5, 5.41) is 19.5. The van der Waals surface area contributed by atoms with Gasteiger partial charge in [-0.3, -0.25) is 9.59 Å². The largest absolute Gasteiger partial charge is 0.481 e. The normalized spacial score (nSPS) is 11.8. The number of nitrogens with one attached hydrogen (secondary N) is 1. The van der Waals surface area contributed by atoms with Gasteiger partial charge in [0.15, 0.2) is 0 Å². The van der Waals surface area contributed by atoms with Crippen LogP contribution in [0.15, 0.2) is 16.5 Å². The van der Waals surface area contributed by atoms with Crippen LogP contribution in [0.25, 0.3) is 0 Å². The minimum absolute atomic E-state index is 0.00706. The molecule has 0 bridgehead atoms. The molecule has 1 unspecified atom stereocenters. The maximum absolute atomic E-state index is 11.5. The zero-order chi connectivity index (χ0) is 14.4. The lowest BCUT2D eigenvalue weighted by atomic mass is 10.1. The van der Waals surface area contributed by atoms with Crippen molar-refractivity contribution < 1.29 is 29.0 Å². The summed E-state index contributed by atoms with van der Waals surface area (Å²) in [4.78, 5) is 32.3. The maximum Gasteiger partial charge on any atom is 0.371 e. The van der Waals surface area contributed by atoms with E-state index >= 15 is 0 Å². The average Bonchev–Trinajstić information content (AvgIpc) is 2.81. The molecular weight excluding hydrogens is 256 g/mol. The van der Waals surface area contributed by atoms with E-state index in [4.69, 9.17) is 20.4 Å². The second-order valence-corrected chi connectivity index (χ2v) is 3.83. The first-order valence-corrected chi connectivity index (χ1v) is 5.47. The van der Waals surface area contributed by atoms with Crippen molar-refractivity contribution in [1.29, 1.82) is 0 Å². The number of furan rings is 1. The number of carboxylic acid groups (broad SMARTS) is 2. The number of aliphatic carboxylic acids is 1. The number of aromatic carboxylic acids is 1. The Morgan fingerprint density at radius 1 is 1.32 bits per heavy atom. The van der Waals surface area contributed by atoms with Gasteiger partial charge < -0.3 is 25.7 Å². The molecule has 5 N–H and O–H groups in total. The fourth-order valence-electron chi connectivity index (χ4n) is 1.30. The van der Waals surface area contributed by atoms with Gasteiger partial charge in [-0.15, -0.1) is 0 Å². The van der Waals surface area contributed by atoms with Gasteiger partial charge in [0, 0.05) is 6.42 Å². The van der Waals surface area contributed by atoms with E-state index in [0.29, 0.717) is 0 Å². The van der Waals surface area contributed by atoms with Gasteiger partial charge in [-0.25, -0.2) is 4.79 Å². The van der Waals surface area contributed by atoms with E-state index in [1.807, 2.05) is 0 Å². The van der Waals surface area contributed by atoms with Gasteiger partial charge in [-0.1, -0.05) is 0 Å². The topological polar surface area (TPSA) is 143 Å². The third-order valence-corrected chi connectivity index (χ3v) is 2.32. The van der Waals surface area contributed by atoms with E-state index in [9.17, 15) is 14.4 Å². The molecule has 8 heteroatoms. The Hall–Kier alpha value is -2.35. The number of hydrogen-bond donors (Lipinski definition) is 4. The molecule has 1 heterocycles. The van der Waals surface area contributed by atoms with Gasteiger partial charge in [0.2, 0.25) is 11.7 Å². The van der Waals surface area contributed by atoms with Crippen LogP contribution in [0.2, 0.25) is 0 Å². The highest BCUT2D eigenvalue weighted by Crippen LogP contribution is 2.07. The highest BCUT2D eigenvalue weighted by Gasteiger charge is 2.15. The molecule has 0 aromatic carbocycles. The monoisotopic (exact) mass is 270 g/mol. The van der Waals surface area contributed by atoms with Gasteiger partial charge in [0.25, 0.3) is 0 Å². The summed E-state index contributed by atoms with van der Waals surface area (Å²) in [7, 11) is 0. The molecule has 0 aliphatic heterocycles. The Bertz CT molecular complexity index is 481. The smallest absolute Gasteiger partial charge is 0.371 e. The summed E-state index contributed by atoms with van der Waals surface area (Å²) in [6.07, 6.45) is -0.168. The van der Waals surface area contributed by atoms with Crippen molar-refractivity contribution in [3.8, 4) is 0 Å². The minimum atomic E-state index is -1.20. The summed E-state index contributed by atoms with van der Waals surface area (Å²) in [5.41, 5.74) is 5.48. The van der Waals surface area contributed by atoms with Crippen molar-refractivity contribution >= 4 is 17.8 Å². The van der Waals surface area contributed by atoms with Crippen molar-refractivity contribution in [3.05, 3.63) is 23.7 Å². The van der Waals surface area contributed by atoms with E-state index in [2.05, 4.69) is 5.32 Å².